The topological polar surface area (TPSA) is 41.6 Å². The monoisotopic (exact) mass is 308 g/mol. The molecule has 0 aromatic heterocycles. The Labute approximate surface area is 130 Å². The van der Waals surface area contributed by atoms with E-state index in [0.29, 0.717) is 11.6 Å². The zero-order chi connectivity index (χ0) is 14.7. The van der Waals surface area contributed by atoms with Gasteiger partial charge in [0.2, 0.25) is 5.91 Å². The van der Waals surface area contributed by atoms with Gasteiger partial charge in [-0.15, -0.1) is 0 Å². The van der Waals surface area contributed by atoms with Crippen LogP contribution in [0, 0.1) is 0 Å². The van der Waals surface area contributed by atoms with Crippen LogP contribution in [0.3, 0.4) is 0 Å². The predicted octanol–water partition coefficient (Wildman–Crippen LogP) is 2.21. The van der Waals surface area contributed by atoms with E-state index >= 15 is 0 Å². The van der Waals surface area contributed by atoms with E-state index in [9.17, 15) is 4.79 Å². The molecule has 1 saturated heterocycles. The zero-order valence-corrected chi connectivity index (χ0v) is 12.8. The Morgan fingerprint density at radius 1 is 1.33 bits per heavy atom. The molecule has 0 radical (unpaired) electrons. The maximum Gasteiger partial charge on any atom is 0.246 e. The second kappa shape index (κ2) is 6.77. The molecule has 0 bridgehead atoms. The highest BCUT2D eigenvalue weighted by Gasteiger charge is 2.34. The summed E-state index contributed by atoms with van der Waals surface area (Å²) in [6, 6.07) is 8.58. The highest BCUT2D eigenvalue weighted by atomic mass is 35.5. The summed E-state index contributed by atoms with van der Waals surface area (Å²) in [6.07, 6.45) is 3.69. The van der Waals surface area contributed by atoms with Crippen LogP contribution in [0.1, 0.15) is 24.8 Å². The molecule has 1 amide bonds. The number of likely N-dealkylation sites (tertiary alicyclic amines) is 1. The molecule has 2 fully saturated rings. The van der Waals surface area contributed by atoms with E-state index in [2.05, 4.69) is 10.2 Å². The average Bonchev–Trinajstić information content (AvgIpc) is 3.22. The molecule has 1 unspecified atom stereocenters. The number of carbonyl (C=O) groups is 1. The molecule has 1 aliphatic carbocycles. The standard InChI is InChI=1S/C16H21ClN2O2/c17-15-4-2-1-3-12(15)10-21-11-16(20)18-13-7-8-19(9-13)14-5-6-14/h1-4,13-14H,5-11H2,(H,18,20). The van der Waals surface area contributed by atoms with Crippen molar-refractivity contribution in [1.29, 1.82) is 0 Å². The zero-order valence-electron chi connectivity index (χ0n) is 12.1. The minimum absolute atomic E-state index is 0.0373. The van der Waals surface area contributed by atoms with E-state index in [1.807, 2.05) is 24.3 Å². The number of carbonyl (C=O) groups excluding carboxylic acids is 1. The molecule has 21 heavy (non-hydrogen) atoms. The SMILES string of the molecule is O=C(COCc1ccccc1Cl)NC1CCN(C2CC2)C1. The summed E-state index contributed by atoms with van der Waals surface area (Å²) in [7, 11) is 0. The van der Waals surface area contributed by atoms with Crippen LogP contribution in [0.25, 0.3) is 0 Å². The van der Waals surface area contributed by atoms with Crippen molar-refractivity contribution in [2.75, 3.05) is 19.7 Å². The van der Waals surface area contributed by atoms with E-state index in [-0.39, 0.29) is 18.6 Å². The maximum atomic E-state index is 11.9. The van der Waals surface area contributed by atoms with Crippen molar-refractivity contribution in [3.8, 4) is 0 Å². The molecule has 114 valence electrons. The van der Waals surface area contributed by atoms with Crippen molar-refractivity contribution in [1.82, 2.24) is 10.2 Å². The molecule has 4 nitrogen and oxygen atoms in total. The van der Waals surface area contributed by atoms with Crippen LogP contribution in [-0.2, 0) is 16.1 Å². The van der Waals surface area contributed by atoms with Gasteiger partial charge in [-0.1, -0.05) is 29.8 Å². The number of hydrogen-bond acceptors (Lipinski definition) is 3. The number of hydrogen-bond donors (Lipinski definition) is 1. The van der Waals surface area contributed by atoms with E-state index in [1.165, 1.54) is 12.8 Å². The van der Waals surface area contributed by atoms with Gasteiger partial charge in [-0.25, -0.2) is 0 Å². The lowest BCUT2D eigenvalue weighted by atomic mass is 10.2. The molecule has 1 saturated carbocycles. The van der Waals surface area contributed by atoms with Crippen molar-refractivity contribution < 1.29 is 9.53 Å². The number of nitrogens with one attached hydrogen (secondary N) is 1. The molecule has 1 aromatic rings. The Morgan fingerprint density at radius 3 is 2.90 bits per heavy atom. The molecule has 1 heterocycles. The third-order valence-electron chi connectivity index (χ3n) is 4.10. The van der Waals surface area contributed by atoms with Gasteiger partial charge in [0.25, 0.3) is 0 Å². The number of nitrogens with zero attached hydrogens (tertiary/aromatic N) is 1. The van der Waals surface area contributed by atoms with E-state index < -0.39 is 0 Å². The summed E-state index contributed by atoms with van der Waals surface area (Å²) < 4.78 is 5.45. The molecule has 1 aromatic carbocycles. The second-order valence-corrected chi connectivity index (χ2v) is 6.27. The van der Waals surface area contributed by atoms with Gasteiger partial charge in [0, 0.05) is 30.2 Å². The Hall–Kier alpha value is -1.10. The summed E-state index contributed by atoms with van der Waals surface area (Å²) in [4.78, 5) is 14.4. The first-order valence-corrected chi connectivity index (χ1v) is 7.95. The van der Waals surface area contributed by atoms with Gasteiger partial charge >= 0.3 is 0 Å². The van der Waals surface area contributed by atoms with Crippen LogP contribution in [0.2, 0.25) is 5.02 Å². The van der Waals surface area contributed by atoms with Gasteiger partial charge in [-0.05, 0) is 30.9 Å². The summed E-state index contributed by atoms with van der Waals surface area (Å²) >= 11 is 6.04. The molecule has 1 aliphatic heterocycles. The van der Waals surface area contributed by atoms with Crippen molar-refractivity contribution in [2.24, 2.45) is 0 Å². The van der Waals surface area contributed by atoms with E-state index in [4.69, 9.17) is 16.3 Å². The Bertz CT molecular complexity index is 505. The molecule has 1 atom stereocenters. The summed E-state index contributed by atoms with van der Waals surface area (Å²) in [5, 5.41) is 3.73. The van der Waals surface area contributed by atoms with Crippen molar-refractivity contribution in [3.63, 3.8) is 0 Å². The van der Waals surface area contributed by atoms with Crippen molar-refractivity contribution in [2.45, 2.75) is 38.0 Å². The highest BCUT2D eigenvalue weighted by molar-refractivity contribution is 6.31. The first kappa shape index (κ1) is 14.8. The smallest absolute Gasteiger partial charge is 0.246 e. The first-order valence-electron chi connectivity index (χ1n) is 7.57. The van der Waals surface area contributed by atoms with E-state index in [0.717, 1.165) is 31.1 Å². The fourth-order valence-corrected chi connectivity index (χ4v) is 3.01. The van der Waals surface area contributed by atoms with Crippen LogP contribution in [-0.4, -0.2) is 42.6 Å². The molecule has 5 heteroatoms. The van der Waals surface area contributed by atoms with Crippen molar-refractivity contribution >= 4 is 17.5 Å². The van der Waals surface area contributed by atoms with Crippen LogP contribution < -0.4 is 5.32 Å². The molecule has 2 aliphatic rings. The fraction of sp³-hybridized carbons (Fsp3) is 0.562. The normalized spacial score (nSPS) is 22.4. The minimum Gasteiger partial charge on any atom is -0.367 e. The summed E-state index contributed by atoms with van der Waals surface area (Å²) in [5.41, 5.74) is 0.910. The second-order valence-electron chi connectivity index (χ2n) is 5.86. The largest absolute Gasteiger partial charge is 0.367 e. The molecule has 3 rings (SSSR count). The average molecular weight is 309 g/mol. The minimum atomic E-state index is -0.0373. The molecular weight excluding hydrogens is 288 g/mol. The third kappa shape index (κ3) is 4.19. The van der Waals surface area contributed by atoms with Gasteiger partial charge in [0.05, 0.1) is 6.61 Å². The highest BCUT2D eigenvalue weighted by Crippen LogP contribution is 2.29. The predicted molar refractivity (Wildman–Crippen MR) is 82.3 cm³/mol. The summed E-state index contributed by atoms with van der Waals surface area (Å²) in [5.74, 6) is -0.0373. The van der Waals surface area contributed by atoms with Gasteiger partial charge in [0.15, 0.2) is 0 Å². The maximum absolute atomic E-state index is 11.9. The number of halogens is 1. The van der Waals surface area contributed by atoms with Gasteiger partial charge in [0.1, 0.15) is 6.61 Å². The number of ether oxygens (including phenoxy) is 1. The summed E-state index contributed by atoms with van der Waals surface area (Å²) in [6.45, 7) is 2.55. The first-order chi connectivity index (χ1) is 10.2. The lowest BCUT2D eigenvalue weighted by Gasteiger charge is -2.15. The van der Waals surface area contributed by atoms with Gasteiger partial charge < -0.3 is 10.1 Å². The van der Waals surface area contributed by atoms with Gasteiger partial charge in [-0.2, -0.15) is 0 Å². The molecular formula is C16H21ClN2O2. The van der Waals surface area contributed by atoms with E-state index in [1.54, 1.807) is 0 Å². The van der Waals surface area contributed by atoms with Crippen molar-refractivity contribution in [3.05, 3.63) is 34.9 Å². The number of amides is 1. The quantitative estimate of drug-likeness (QED) is 0.876. The Kier molecular flexibility index (Phi) is 4.78. The van der Waals surface area contributed by atoms with Gasteiger partial charge in [-0.3, -0.25) is 9.69 Å². The number of benzene rings is 1. The van der Waals surface area contributed by atoms with Crippen LogP contribution >= 0.6 is 11.6 Å². The molecule has 1 N–H and O–H groups in total. The van der Waals surface area contributed by atoms with Crippen LogP contribution in [0.5, 0.6) is 0 Å². The fourth-order valence-electron chi connectivity index (χ4n) is 2.81. The van der Waals surface area contributed by atoms with Crippen LogP contribution in [0.4, 0.5) is 0 Å². The van der Waals surface area contributed by atoms with Crippen LogP contribution in [0.15, 0.2) is 24.3 Å². The lowest BCUT2D eigenvalue weighted by molar-refractivity contribution is -0.126. The Balaban J connectivity index is 1.36. The third-order valence-corrected chi connectivity index (χ3v) is 4.47. The molecule has 0 spiro atoms. The lowest BCUT2D eigenvalue weighted by Crippen LogP contribution is -2.39. The Morgan fingerprint density at radius 2 is 2.14 bits per heavy atom. The number of rotatable bonds is 6.